The van der Waals surface area contributed by atoms with Gasteiger partial charge in [-0.15, -0.1) is 0 Å². The van der Waals surface area contributed by atoms with Crippen molar-refractivity contribution in [2.75, 3.05) is 24.6 Å². The fraction of sp³-hybridized carbons (Fsp3) is 0.333. The van der Waals surface area contributed by atoms with E-state index in [4.69, 9.17) is 10.5 Å². The maximum absolute atomic E-state index is 11.2. The first-order chi connectivity index (χ1) is 12.7. The molecule has 1 aliphatic heterocycles. The number of fused-ring (bicyclic) bond motifs is 1. The molecular weight excluding hydrogens is 332 g/mol. The summed E-state index contributed by atoms with van der Waals surface area (Å²) in [5.41, 5.74) is 6.32. The van der Waals surface area contributed by atoms with Gasteiger partial charge >= 0.3 is 0 Å². The molecule has 0 bridgehead atoms. The highest BCUT2D eigenvalue weighted by molar-refractivity contribution is 5.91. The van der Waals surface area contributed by atoms with Crippen LogP contribution in [0, 0.1) is 5.92 Å². The van der Waals surface area contributed by atoms with Gasteiger partial charge in [0.1, 0.15) is 17.3 Å². The second-order valence-corrected chi connectivity index (χ2v) is 6.40. The van der Waals surface area contributed by atoms with Gasteiger partial charge in [0.15, 0.2) is 5.65 Å². The number of aromatic nitrogens is 4. The number of carbonyl (C=O) groups excluding carboxylic acids is 1. The lowest BCUT2D eigenvalue weighted by Gasteiger charge is -2.32. The van der Waals surface area contributed by atoms with Gasteiger partial charge in [-0.3, -0.25) is 9.78 Å². The average molecular weight is 352 g/mol. The normalized spacial score (nSPS) is 15.3. The first-order valence-corrected chi connectivity index (χ1v) is 8.63. The van der Waals surface area contributed by atoms with Crippen LogP contribution in [0.15, 0.2) is 42.9 Å². The van der Waals surface area contributed by atoms with Gasteiger partial charge in [-0.2, -0.15) is 5.10 Å². The molecule has 3 aromatic rings. The van der Waals surface area contributed by atoms with Crippen LogP contribution in [0.1, 0.15) is 23.3 Å². The van der Waals surface area contributed by atoms with Crippen LogP contribution in [-0.4, -0.2) is 45.2 Å². The fourth-order valence-corrected chi connectivity index (χ4v) is 3.16. The lowest BCUT2D eigenvalue weighted by Crippen LogP contribution is -2.36. The minimum absolute atomic E-state index is 0.221. The van der Waals surface area contributed by atoms with Crippen LogP contribution in [0.4, 0.5) is 5.82 Å². The number of piperidine rings is 1. The Morgan fingerprint density at radius 3 is 2.88 bits per heavy atom. The number of nitrogens with zero attached hydrogens (tertiary/aromatic N) is 5. The maximum Gasteiger partial charge on any atom is 0.267 e. The molecule has 8 heteroatoms. The Labute approximate surface area is 150 Å². The molecule has 0 aromatic carbocycles. The summed E-state index contributed by atoms with van der Waals surface area (Å²) in [6, 6.07) is 7.23. The maximum atomic E-state index is 11.2. The molecule has 3 aromatic heterocycles. The van der Waals surface area contributed by atoms with Gasteiger partial charge in [0.2, 0.25) is 0 Å². The van der Waals surface area contributed by atoms with E-state index in [0.29, 0.717) is 18.3 Å². The van der Waals surface area contributed by atoms with Gasteiger partial charge in [-0.25, -0.2) is 9.50 Å². The molecule has 134 valence electrons. The van der Waals surface area contributed by atoms with Crippen molar-refractivity contribution in [1.82, 2.24) is 19.6 Å². The minimum Gasteiger partial charge on any atom is -0.493 e. The van der Waals surface area contributed by atoms with Gasteiger partial charge < -0.3 is 15.4 Å². The van der Waals surface area contributed by atoms with Crippen LogP contribution < -0.4 is 15.4 Å². The summed E-state index contributed by atoms with van der Waals surface area (Å²) in [5, 5.41) is 4.17. The Morgan fingerprint density at radius 1 is 1.23 bits per heavy atom. The number of nitrogens with two attached hydrogens (primary N) is 1. The van der Waals surface area contributed by atoms with E-state index in [-0.39, 0.29) is 5.69 Å². The highest BCUT2D eigenvalue weighted by Gasteiger charge is 2.21. The molecular formula is C18H20N6O2. The third-order valence-electron chi connectivity index (χ3n) is 4.65. The molecule has 8 nitrogen and oxygen atoms in total. The number of pyridine rings is 1. The van der Waals surface area contributed by atoms with Crippen LogP contribution in [0.5, 0.6) is 5.75 Å². The monoisotopic (exact) mass is 352 g/mol. The zero-order valence-corrected chi connectivity index (χ0v) is 14.3. The Kier molecular flexibility index (Phi) is 4.39. The molecule has 0 atom stereocenters. The third-order valence-corrected chi connectivity index (χ3v) is 4.65. The Morgan fingerprint density at radius 2 is 2.08 bits per heavy atom. The first kappa shape index (κ1) is 16.3. The van der Waals surface area contributed by atoms with E-state index in [0.717, 1.165) is 37.4 Å². The molecule has 2 N–H and O–H groups in total. The van der Waals surface area contributed by atoms with Crippen molar-refractivity contribution in [3.63, 3.8) is 0 Å². The van der Waals surface area contributed by atoms with Crippen molar-refractivity contribution < 1.29 is 9.53 Å². The van der Waals surface area contributed by atoms with Crippen molar-refractivity contribution in [2.24, 2.45) is 11.7 Å². The van der Waals surface area contributed by atoms with Crippen molar-refractivity contribution >= 4 is 17.4 Å². The number of hydrogen-bond acceptors (Lipinski definition) is 6. The first-order valence-electron chi connectivity index (χ1n) is 8.63. The summed E-state index contributed by atoms with van der Waals surface area (Å²) in [5.74, 6) is 1.53. The zero-order valence-electron chi connectivity index (χ0n) is 14.3. The van der Waals surface area contributed by atoms with Gasteiger partial charge in [0.05, 0.1) is 12.8 Å². The molecule has 0 aliphatic carbocycles. The molecule has 0 saturated carbocycles. The van der Waals surface area contributed by atoms with Gasteiger partial charge in [-0.05, 0) is 30.9 Å². The van der Waals surface area contributed by atoms with Crippen LogP contribution in [0.25, 0.3) is 5.65 Å². The van der Waals surface area contributed by atoms with Gasteiger partial charge in [0.25, 0.3) is 5.91 Å². The van der Waals surface area contributed by atoms with Crippen LogP contribution in [0.3, 0.4) is 0 Å². The van der Waals surface area contributed by atoms with Crippen molar-refractivity contribution in [3.8, 4) is 5.75 Å². The largest absolute Gasteiger partial charge is 0.493 e. The molecule has 0 unspecified atom stereocenters. The highest BCUT2D eigenvalue weighted by atomic mass is 16.5. The van der Waals surface area contributed by atoms with Gasteiger partial charge in [0, 0.05) is 37.6 Å². The van der Waals surface area contributed by atoms with E-state index in [1.807, 2.05) is 18.3 Å². The highest BCUT2D eigenvalue weighted by Crippen LogP contribution is 2.23. The van der Waals surface area contributed by atoms with E-state index < -0.39 is 5.91 Å². The van der Waals surface area contributed by atoms with Crippen molar-refractivity contribution in [1.29, 1.82) is 0 Å². The van der Waals surface area contributed by atoms with Crippen LogP contribution >= 0.6 is 0 Å². The number of anilines is 1. The van der Waals surface area contributed by atoms with E-state index in [2.05, 4.69) is 20.0 Å². The minimum atomic E-state index is -0.550. The predicted molar refractivity (Wildman–Crippen MR) is 96.2 cm³/mol. The Bertz CT molecular complexity index is 917. The standard InChI is InChI=1S/C18H20N6O2/c19-18(25)15-11-14(1-6-20-15)26-12-13-3-8-23(9-4-13)16-5-10-24-17(22-16)2-7-21-24/h1-2,5-7,10-11,13H,3-4,8-9,12H2,(H2,19,25). The summed E-state index contributed by atoms with van der Waals surface area (Å²) >= 11 is 0. The molecule has 4 rings (SSSR count). The van der Waals surface area contributed by atoms with E-state index >= 15 is 0 Å². The lowest BCUT2D eigenvalue weighted by molar-refractivity contribution is 0.0995. The smallest absolute Gasteiger partial charge is 0.267 e. The molecule has 1 aliphatic rings. The number of carbonyl (C=O) groups is 1. The zero-order chi connectivity index (χ0) is 17.9. The fourth-order valence-electron chi connectivity index (χ4n) is 3.16. The summed E-state index contributed by atoms with van der Waals surface area (Å²) in [6.45, 7) is 2.49. The second kappa shape index (κ2) is 6.99. The number of hydrogen-bond donors (Lipinski definition) is 1. The van der Waals surface area contributed by atoms with Crippen molar-refractivity contribution in [3.05, 3.63) is 48.5 Å². The molecule has 4 heterocycles. The number of primary amides is 1. The quantitative estimate of drug-likeness (QED) is 0.747. The molecule has 0 spiro atoms. The van der Waals surface area contributed by atoms with Crippen LogP contribution in [0.2, 0.25) is 0 Å². The number of ether oxygens (including phenoxy) is 1. The van der Waals surface area contributed by atoms with E-state index in [1.165, 1.54) is 6.20 Å². The average Bonchev–Trinajstić information content (AvgIpc) is 3.15. The molecule has 1 fully saturated rings. The molecule has 0 radical (unpaired) electrons. The van der Waals surface area contributed by atoms with Crippen molar-refractivity contribution in [2.45, 2.75) is 12.8 Å². The topological polar surface area (TPSA) is 98.6 Å². The Balaban J connectivity index is 1.32. The summed E-state index contributed by atoms with van der Waals surface area (Å²) in [7, 11) is 0. The molecule has 1 saturated heterocycles. The molecule has 26 heavy (non-hydrogen) atoms. The Hall–Kier alpha value is -3.16. The van der Waals surface area contributed by atoms with Crippen LogP contribution in [-0.2, 0) is 0 Å². The second-order valence-electron chi connectivity index (χ2n) is 6.40. The number of amides is 1. The lowest BCUT2D eigenvalue weighted by atomic mass is 9.98. The summed E-state index contributed by atoms with van der Waals surface area (Å²) < 4.78 is 7.59. The summed E-state index contributed by atoms with van der Waals surface area (Å²) in [6.07, 6.45) is 7.28. The molecule has 1 amide bonds. The van der Waals surface area contributed by atoms with Gasteiger partial charge in [-0.1, -0.05) is 0 Å². The third kappa shape index (κ3) is 3.44. The summed E-state index contributed by atoms with van der Waals surface area (Å²) in [4.78, 5) is 22.0. The van der Waals surface area contributed by atoms with E-state index in [1.54, 1.807) is 22.8 Å². The number of rotatable bonds is 5. The SMILES string of the molecule is NC(=O)c1cc(OCC2CCN(c3ccn4nccc4n3)CC2)ccn1. The predicted octanol–water partition coefficient (Wildman–Crippen LogP) is 1.52. The van der Waals surface area contributed by atoms with E-state index in [9.17, 15) is 4.79 Å².